The summed E-state index contributed by atoms with van der Waals surface area (Å²) in [6, 6.07) is 2.72. The molecular formula is C20H31N5O5S. The highest BCUT2D eigenvalue weighted by Crippen LogP contribution is 2.20. The lowest BCUT2D eigenvalue weighted by Crippen LogP contribution is -2.54. The average Bonchev–Trinajstić information content (AvgIpc) is 2.79. The van der Waals surface area contributed by atoms with Gasteiger partial charge in [0.05, 0.1) is 13.2 Å². The van der Waals surface area contributed by atoms with Crippen LogP contribution in [0.2, 0.25) is 0 Å². The molecule has 0 aromatic carbocycles. The van der Waals surface area contributed by atoms with Gasteiger partial charge in [-0.3, -0.25) is 9.59 Å². The maximum atomic E-state index is 12.7. The number of carbonyl (C=O) groups excluding carboxylic acids is 2. The minimum absolute atomic E-state index is 0.103. The Kier molecular flexibility index (Phi) is 7.50. The Morgan fingerprint density at radius 3 is 2.23 bits per heavy atom. The van der Waals surface area contributed by atoms with Crippen molar-refractivity contribution in [3.63, 3.8) is 0 Å². The molecule has 3 rings (SSSR count). The van der Waals surface area contributed by atoms with E-state index in [1.807, 2.05) is 4.90 Å². The summed E-state index contributed by atoms with van der Waals surface area (Å²) < 4.78 is 32.1. The summed E-state index contributed by atoms with van der Waals surface area (Å²) in [6.45, 7) is 8.94. The fraction of sp³-hybridized carbons (Fsp3) is 0.650. The molecule has 11 heteroatoms. The number of morpholine rings is 1. The van der Waals surface area contributed by atoms with Gasteiger partial charge >= 0.3 is 0 Å². The molecule has 10 nitrogen and oxygen atoms in total. The normalized spacial score (nSPS) is 19.4. The highest BCUT2D eigenvalue weighted by Gasteiger charge is 2.29. The van der Waals surface area contributed by atoms with E-state index in [1.54, 1.807) is 37.8 Å². The number of anilines is 1. The van der Waals surface area contributed by atoms with Crippen LogP contribution in [0.15, 0.2) is 23.2 Å². The summed E-state index contributed by atoms with van der Waals surface area (Å²) in [7, 11) is -3.57. The van der Waals surface area contributed by atoms with E-state index in [1.165, 1.54) is 10.5 Å². The zero-order valence-corrected chi connectivity index (χ0v) is 19.1. The molecule has 0 radical (unpaired) electrons. The first kappa shape index (κ1) is 23.4. The lowest BCUT2D eigenvalue weighted by Gasteiger charge is -2.36. The van der Waals surface area contributed by atoms with Crippen LogP contribution in [0.25, 0.3) is 0 Å². The van der Waals surface area contributed by atoms with Crippen LogP contribution in [0.4, 0.5) is 5.82 Å². The zero-order chi connectivity index (χ0) is 22.6. The van der Waals surface area contributed by atoms with Crippen molar-refractivity contribution in [1.82, 2.24) is 19.5 Å². The molecule has 0 unspecified atom stereocenters. The summed E-state index contributed by atoms with van der Waals surface area (Å²) >= 11 is 0. The highest BCUT2D eigenvalue weighted by atomic mass is 32.2. The summed E-state index contributed by atoms with van der Waals surface area (Å²) in [4.78, 5) is 32.7. The molecule has 1 N–H and O–H groups in total. The predicted octanol–water partition coefficient (Wildman–Crippen LogP) is -0.0882. The van der Waals surface area contributed by atoms with Crippen LogP contribution in [0, 0.1) is 5.92 Å². The van der Waals surface area contributed by atoms with Crippen LogP contribution in [-0.2, 0) is 24.3 Å². The molecule has 3 heterocycles. The number of aromatic nitrogens is 1. The van der Waals surface area contributed by atoms with Crippen molar-refractivity contribution < 1.29 is 22.7 Å². The molecule has 2 aliphatic rings. The van der Waals surface area contributed by atoms with E-state index < -0.39 is 16.1 Å². The van der Waals surface area contributed by atoms with Crippen LogP contribution >= 0.6 is 0 Å². The Balaban J connectivity index is 1.56. The van der Waals surface area contributed by atoms with Crippen LogP contribution < -0.4 is 10.2 Å². The molecule has 0 spiro atoms. The SMILES string of the molecule is CC(C)C(=O)N[C@@H](C)C(=O)N1CCN(c2ccc(S(=O)(=O)N3CCOCC3)cn2)CC1. The molecule has 1 aromatic heterocycles. The second-order valence-corrected chi connectivity index (χ2v) is 10.0. The summed E-state index contributed by atoms with van der Waals surface area (Å²) in [5.41, 5.74) is 0. The van der Waals surface area contributed by atoms with Gasteiger partial charge in [0.1, 0.15) is 16.8 Å². The maximum Gasteiger partial charge on any atom is 0.244 e. The third-order valence-corrected chi connectivity index (χ3v) is 7.38. The lowest BCUT2D eigenvalue weighted by molar-refractivity contribution is -0.136. The molecule has 2 aliphatic heterocycles. The van der Waals surface area contributed by atoms with Gasteiger partial charge in [-0.15, -0.1) is 0 Å². The molecule has 2 saturated heterocycles. The topological polar surface area (TPSA) is 112 Å². The standard InChI is InChI=1S/C20H31N5O5S/c1-15(2)19(26)22-16(3)20(27)24-8-6-23(7-9-24)18-5-4-17(14-21-18)31(28,29)25-10-12-30-13-11-25/h4-5,14-16H,6-13H2,1-3H3,(H,22,26)/t16-/m0/s1. The highest BCUT2D eigenvalue weighted by molar-refractivity contribution is 7.89. The van der Waals surface area contributed by atoms with Crippen LogP contribution in [0.1, 0.15) is 20.8 Å². The van der Waals surface area contributed by atoms with Crippen molar-refractivity contribution >= 4 is 27.7 Å². The fourth-order valence-electron chi connectivity index (χ4n) is 3.52. The molecule has 1 atom stereocenters. The van der Waals surface area contributed by atoms with Crippen molar-refractivity contribution in [3.05, 3.63) is 18.3 Å². The van der Waals surface area contributed by atoms with Crippen molar-refractivity contribution in [1.29, 1.82) is 0 Å². The minimum atomic E-state index is -3.57. The summed E-state index contributed by atoms with van der Waals surface area (Å²) in [6.07, 6.45) is 1.39. The van der Waals surface area contributed by atoms with Gasteiger partial charge in [-0.1, -0.05) is 13.8 Å². The van der Waals surface area contributed by atoms with Gasteiger partial charge < -0.3 is 19.9 Å². The van der Waals surface area contributed by atoms with Gasteiger partial charge in [0.2, 0.25) is 21.8 Å². The van der Waals surface area contributed by atoms with E-state index in [2.05, 4.69) is 10.3 Å². The Labute approximate surface area is 183 Å². The maximum absolute atomic E-state index is 12.7. The van der Waals surface area contributed by atoms with E-state index in [0.717, 1.165) is 0 Å². The summed E-state index contributed by atoms with van der Waals surface area (Å²) in [5.74, 6) is 0.256. The third-order valence-electron chi connectivity index (χ3n) is 5.50. The number of piperazine rings is 1. The Morgan fingerprint density at radius 2 is 1.68 bits per heavy atom. The number of hydrogen-bond donors (Lipinski definition) is 1. The van der Waals surface area contributed by atoms with Crippen molar-refractivity contribution in [2.75, 3.05) is 57.4 Å². The van der Waals surface area contributed by atoms with Crippen molar-refractivity contribution in [3.8, 4) is 0 Å². The largest absolute Gasteiger partial charge is 0.379 e. The number of amides is 2. The van der Waals surface area contributed by atoms with Gasteiger partial charge in [-0.2, -0.15) is 4.31 Å². The monoisotopic (exact) mass is 453 g/mol. The van der Waals surface area contributed by atoms with Crippen LogP contribution in [0.3, 0.4) is 0 Å². The predicted molar refractivity (Wildman–Crippen MR) is 115 cm³/mol. The number of carbonyl (C=O) groups is 2. The second-order valence-electron chi connectivity index (χ2n) is 8.07. The smallest absolute Gasteiger partial charge is 0.244 e. The molecule has 2 amide bonds. The fourth-order valence-corrected chi connectivity index (χ4v) is 4.87. The van der Waals surface area contributed by atoms with Gasteiger partial charge in [0.15, 0.2) is 0 Å². The number of hydrogen-bond acceptors (Lipinski definition) is 7. The van der Waals surface area contributed by atoms with E-state index in [4.69, 9.17) is 4.74 Å². The van der Waals surface area contributed by atoms with E-state index in [0.29, 0.717) is 58.3 Å². The van der Waals surface area contributed by atoms with Crippen LogP contribution in [-0.4, -0.2) is 92.9 Å². The molecule has 0 saturated carbocycles. The van der Waals surface area contributed by atoms with Gasteiger partial charge in [-0.05, 0) is 19.1 Å². The number of nitrogens with one attached hydrogen (secondary N) is 1. The van der Waals surface area contributed by atoms with Gasteiger partial charge in [0.25, 0.3) is 0 Å². The first-order valence-corrected chi connectivity index (χ1v) is 12.0. The van der Waals surface area contributed by atoms with E-state index in [-0.39, 0.29) is 22.6 Å². The average molecular weight is 454 g/mol. The molecule has 31 heavy (non-hydrogen) atoms. The summed E-state index contributed by atoms with van der Waals surface area (Å²) in [5, 5.41) is 2.74. The Morgan fingerprint density at radius 1 is 1.03 bits per heavy atom. The van der Waals surface area contributed by atoms with Crippen molar-refractivity contribution in [2.45, 2.75) is 31.7 Å². The molecule has 1 aromatic rings. The Bertz CT molecular complexity index is 876. The van der Waals surface area contributed by atoms with E-state index >= 15 is 0 Å². The van der Waals surface area contributed by atoms with Gasteiger partial charge in [0, 0.05) is 51.4 Å². The molecule has 0 bridgehead atoms. The number of sulfonamides is 1. The first-order valence-electron chi connectivity index (χ1n) is 10.6. The number of pyridine rings is 1. The third kappa shape index (κ3) is 5.52. The molecule has 0 aliphatic carbocycles. The molecule has 172 valence electrons. The number of ether oxygens (including phenoxy) is 1. The quantitative estimate of drug-likeness (QED) is 0.641. The number of rotatable bonds is 6. The van der Waals surface area contributed by atoms with Crippen LogP contribution in [0.5, 0.6) is 0 Å². The van der Waals surface area contributed by atoms with E-state index in [9.17, 15) is 18.0 Å². The van der Waals surface area contributed by atoms with Gasteiger partial charge in [-0.25, -0.2) is 13.4 Å². The molecule has 2 fully saturated rings. The first-order chi connectivity index (χ1) is 14.7. The Hall–Kier alpha value is -2.24. The second kappa shape index (κ2) is 9.92. The zero-order valence-electron chi connectivity index (χ0n) is 18.3. The number of nitrogens with zero attached hydrogens (tertiary/aromatic N) is 4. The lowest BCUT2D eigenvalue weighted by atomic mass is 10.1. The minimum Gasteiger partial charge on any atom is -0.379 e. The van der Waals surface area contributed by atoms with Crippen molar-refractivity contribution in [2.24, 2.45) is 5.92 Å². The molecular weight excluding hydrogens is 422 g/mol.